The Hall–Kier alpha value is -2.57. The minimum absolute atomic E-state index is 0.169. The van der Waals surface area contributed by atoms with E-state index >= 15 is 0 Å². The van der Waals surface area contributed by atoms with Gasteiger partial charge >= 0.3 is 0 Å². The number of H-pyrrole nitrogens is 1. The van der Waals surface area contributed by atoms with Gasteiger partial charge in [0.25, 0.3) is 0 Å². The first-order valence-electron chi connectivity index (χ1n) is 10.9. The fraction of sp³-hybridized carbons (Fsp3) is 0.346. The number of aliphatic hydroxyl groups excluding tert-OH is 1. The lowest BCUT2D eigenvalue weighted by atomic mass is 9.93. The highest BCUT2D eigenvalue weighted by Crippen LogP contribution is 2.29. The molecule has 1 heterocycles. The van der Waals surface area contributed by atoms with Crippen molar-refractivity contribution >= 4 is 33.0 Å². The van der Waals surface area contributed by atoms with Gasteiger partial charge in [0.1, 0.15) is 5.76 Å². The number of halogens is 1. The summed E-state index contributed by atoms with van der Waals surface area (Å²) in [4.78, 5) is 16.6. The summed E-state index contributed by atoms with van der Waals surface area (Å²) in [5, 5.41) is 13.5. The number of carbonyl (C=O) groups excluding carboxylic acids is 1. The predicted octanol–water partition coefficient (Wildman–Crippen LogP) is 5.85. The zero-order chi connectivity index (χ0) is 23.3. The summed E-state index contributed by atoms with van der Waals surface area (Å²) in [5.41, 5.74) is 3.86. The zero-order valence-corrected chi connectivity index (χ0v) is 20.3. The van der Waals surface area contributed by atoms with Crippen LogP contribution in [0.25, 0.3) is 11.3 Å². The van der Waals surface area contributed by atoms with E-state index in [-0.39, 0.29) is 17.9 Å². The second-order valence-electron chi connectivity index (χ2n) is 8.25. The largest absolute Gasteiger partial charge is 0.501 e. The molecular formula is C26H31BrN2O3. The van der Waals surface area contributed by atoms with Crippen molar-refractivity contribution in [3.63, 3.8) is 0 Å². The van der Waals surface area contributed by atoms with E-state index < -0.39 is 0 Å². The Balaban J connectivity index is 1.79. The first-order valence-corrected chi connectivity index (χ1v) is 11.7. The molecule has 1 aliphatic rings. The average molecular weight is 499 g/mol. The third kappa shape index (κ3) is 5.81. The molecule has 1 aromatic heterocycles. The van der Waals surface area contributed by atoms with Crippen LogP contribution in [-0.4, -0.2) is 35.1 Å². The minimum atomic E-state index is -0.280. The van der Waals surface area contributed by atoms with Crippen LogP contribution < -0.4 is 5.32 Å². The van der Waals surface area contributed by atoms with Gasteiger partial charge in [-0.05, 0) is 55.5 Å². The molecule has 32 heavy (non-hydrogen) atoms. The molecule has 1 fully saturated rings. The molecule has 1 aromatic carbocycles. The second kappa shape index (κ2) is 10.8. The number of aromatic nitrogens is 1. The van der Waals surface area contributed by atoms with Crippen molar-refractivity contribution in [2.45, 2.75) is 51.2 Å². The number of hydrogen-bond acceptors (Lipinski definition) is 4. The molecule has 0 bridgehead atoms. The van der Waals surface area contributed by atoms with Crippen molar-refractivity contribution in [2.75, 3.05) is 7.11 Å². The predicted molar refractivity (Wildman–Crippen MR) is 133 cm³/mol. The van der Waals surface area contributed by atoms with Crippen molar-refractivity contribution in [3.05, 3.63) is 82.3 Å². The normalized spacial score (nSPS) is 19.5. The van der Waals surface area contributed by atoms with Crippen molar-refractivity contribution < 1.29 is 14.6 Å². The van der Waals surface area contributed by atoms with E-state index in [0.29, 0.717) is 34.6 Å². The molecule has 3 N–H and O–H groups in total. The van der Waals surface area contributed by atoms with Gasteiger partial charge in [0, 0.05) is 22.3 Å². The van der Waals surface area contributed by atoms with Gasteiger partial charge in [0.15, 0.2) is 5.78 Å². The van der Waals surface area contributed by atoms with Gasteiger partial charge < -0.3 is 20.1 Å². The van der Waals surface area contributed by atoms with Crippen LogP contribution in [0.4, 0.5) is 0 Å². The summed E-state index contributed by atoms with van der Waals surface area (Å²) in [6.45, 7) is 10.1. The number of benzene rings is 1. The quantitative estimate of drug-likeness (QED) is 0.140. The smallest absolute Gasteiger partial charge is 0.198 e. The Labute approximate surface area is 198 Å². The number of ether oxygens (including phenoxy) is 1. The van der Waals surface area contributed by atoms with Crippen molar-refractivity contribution in [3.8, 4) is 0 Å². The first-order chi connectivity index (χ1) is 15.3. The van der Waals surface area contributed by atoms with Gasteiger partial charge in [-0.2, -0.15) is 0 Å². The molecule has 2 atom stereocenters. The summed E-state index contributed by atoms with van der Waals surface area (Å²) in [7, 11) is 1.55. The monoisotopic (exact) mass is 498 g/mol. The Morgan fingerprint density at radius 3 is 2.56 bits per heavy atom. The van der Waals surface area contributed by atoms with Crippen LogP contribution in [0.5, 0.6) is 0 Å². The maximum absolute atomic E-state index is 13.4. The number of aromatic amines is 1. The lowest BCUT2D eigenvalue weighted by molar-refractivity contribution is 0.103. The minimum Gasteiger partial charge on any atom is -0.501 e. The van der Waals surface area contributed by atoms with Crippen LogP contribution in [0, 0.1) is 0 Å². The third-order valence-electron chi connectivity index (χ3n) is 5.92. The number of carbonyl (C=O) groups is 1. The van der Waals surface area contributed by atoms with E-state index in [1.54, 1.807) is 26.3 Å². The molecule has 5 nitrogen and oxygen atoms in total. The molecular weight excluding hydrogens is 468 g/mol. The average Bonchev–Trinajstić information content (AvgIpc) is 3.18. The van der Waals surface area contributed by atoms with Gasteiger partial charge in [0.2, 0.25) is 0 Å². The molecule has 0 aliphatic heterocycles. The summed E-state index contributed by atoms with van der Waals surface area (Å²) >= 11 is 3.43. The lowest BCUT2D eigenvalue weighted by Crippen LogP contribution is -2.30. The highest BCUT2D eigenvalue weighted by atomic mass is 79.9. The van der Waals surface area contributed by atoms with Crippen LogP contribution in [-0.2, 0) is 4.74 Å². The number of nitrogens with one attached hydrogen (secondary N) is 2. The fourth-order valence-corrected chi connectivity index (χ4v) is 4.31. The Bertz CT molecular complexity index is 1020. The van der Waals surface area contributed by atoms with Gasteiger partial charge in [0.05, 0.1) is 30.2 Å². The summed E-state index contributed by atoms with van der Waals surface area (Å²) in [6.07, 6.45) is 6.08. The lowest BCUT2D eigenvalue weighted by Gasteiger charge is -2.20. The number of ketones is 1. The molecule has 170 valence electrons. The van der Waals surface area contributed by atoms with E-state index in [1.165, 1.54) is 0 Å². The van der Waals surface area contributed by atoms with Gasteiger partial charge in [-0.3, -0.25) is 4.79 Å². The molecule has 0 radical (unpaired) electrons. The molecule has 2 aromatic rings. The molecule has 3 rings (SSSR count). The Morgan fingerprint density at radius 2 is 1.88 bits per heavy atom. The maximum atomic E-state index is 13.4. The van der Waals surface area contributed by atoms with E-state index in [1.807, 2.05) is 24.3 Å². The summed E-state index contributed by atoms with van der Waals surface area (Å²) in [5.74, 6) is 0.340. The number of allylic oxidation sites excluding steroid dienone is 3. The van der Waals surface area contributed by atoms with E-state index in [4.69, 9.17) is 4.74 Å². The number of Topliss-reactive ketones (excluding diaryl/α,β-unsaturated/α-hetero) is 1. The number of hydrogen-bond donors (Lipinski definition) is 3. The van der Waals surface area contributed by atoms with E-state index in [9.17, 15) is 9.90 Å². The van der Waals surface area contributed by atoms with E-state index in [2.05, 4.69) is 39.4 Å². The Kier molecular flexibility index (Phi) is 8.15. The first kappa shape index (κ1) is 24.1. The molecule has 0 spiro atoms. The van der Waals surface area contributed by atoms with Crippen molar-refractivity contribution in [1.29, 1.82) is 0 Å². The molecule has 6 heteroatoms. The maximum Gasteiger partial charge on any atom is 0.198 e. The van der Waals surface area contributed by atoms with E-state index in [0.717, 1.165) is 41.4 Å². The standard InChI is InChI=1S/C26H31BrN2O3/c1-16(19-9-11-21(27)12-10-19)25(18(3)32-4)26(31)20-13-24(28-15-20)17(2)29-22-7-5-6-8-23(30)14-22/h9-13,15,22-23,28-30H,1-2,5-8,14H2,3-4H3/b25-18+. The van der Waals surface area contributed by atoms with Crippen molar-refractivity contribution in [2.24, 2.45) is 0 Å². The number of aliphatic hydroxyl groups is 1. The number of rotatable bonds is 8. The van der Waals surface area contributed by atoms with Crippen molar-refractivity contribution in [1.82, 2.24) is 10.3 Å². The zero-order valence-electron chi connectivity index (χ0n) is 18.7. The van der Waals surface area contributed by atoms with Crippen LogP contribution in [0.15, 0.2) is 65.5 Å². The van der Waals surface area contributed by atoms with Crippen LogP contribution in [0.2, 0.25) is 0 Å². The molecule has 0 saturated heterocycles. The summed E-state index contributed by atoms with van der Waals surface area (Å²) in [6, 6.07) is 9.63. The second-order valence-corrected chi connectivity index (χ2v) is 9.16. The van der Waals surface area contributed by atoms with Gasteiger partial charge in [-0.15, -0.1) is 0 Å². The fourth-order valence-electron chi connectivity index (χ4n) is 4.04. The highest BCUT2D eigenvalue weighted by Gasteiger charge is 2.23. The Morgan fingerprint density at radius 1 is 1.19 bits per heavy atom. The van der Waals surface area contributed by atoms with Gasteiger partial charge in [-0.1, -0.05) is 54.1 Å². The van der Waals surface area contributed by atoms with Crippen LogP contribution in [0.3, 0.4) is 0 Å². The highest BCUT2D eigenvalue weighted by molar-refractivity contribution is 9.10. The van der Waals surface area contributed by atoms with Crippen LogP contribution >= 0.6 is 15.9 Å². The number of methoxy groups -OCH3 is 1. The third-order valence-corrected chi connectivity index (χ3v) is 6.45. The van der Waals surface area contributed by atoms with Crippen LogP contribution in [0.1, 0.15) is 60.6 Å². The molecule has 0 amide bonds. The SMILES string of the molecule is C=C(/C(C(=O)c1c[nH]c(C(=C)NC2CCCCC(O)C2)c1)=C(/C)OC)c1ccc(Br)cc1. The molecule has 2 unspecified atom stereocenters. The topological polar surface area (TPSA) is 74.4 Å². The van der Waals surface area contributed by atoms with Gasteiger partial charge in [-0.25, -0.2) is 0 Å². The summed E-state index contributed by atoms with van der Waals surface area (Å²) < 4.78 is 6.38. The molecule has 1 saturated carbocycles. The molecule has 1 aliphatic carbocycles.